The third-order valence-electron chi connectivity index (χ3n) is 5.33. The van der Waals surface area contributed by atoms with Crippen molar-refractivity contribution in [3.8, 4) is 20.9 Å². The van der Waals surface area contributed by atoms with Gasteiger partial charge >= 0.3 is 0 Å². The lowest BCUT2D eigenvalue weighted by molar-refractivity contribution is 0.692. The first kappa shape index (κ1) is 18.0. The third-order valence-corrected chi connectivity index (χ3v) is 6.52. The van der Waals surface area contributed by atoms with Gasteiger partial charge in [0, 0.05) is 15.7 Å². The number of fused-ring (bicyclic) bond motifs is 1. The molecular formula is C24H26N2S. The van der Waals surface area contributed by atoms with E-state index in [1.54, 1.807) is 0 Å². The van der Waals surface area contributed by atoms with Gasteiger partial charge in [0.2, 0.25) is 0 Å². The highest BCUT2D eigenvalue weighted by atomic mass is 32.1. The molecule has 0 spiro atoms. The Balaban J connectivity index is 1.64. The molecule has 2 aromatic carbocycles. The molecule has 1 atom stereocenters. The molecule has 0 amide bonds. The van der Waals surface area contributed by atoms with Crippen molar-refractivity contribution >= 4 is 22.4 Å². The second-order valence-electron chi connectivity index (χ2n) is 7.60. The van der Waals surface area contributed by atoms with Crippen molar-refractivity contribution in [2.24, 2.45) is 0 Å². The molecular weight excluding hydrogens is 348 g/mol. The number of aromatic nitrogens is 2. The van der Waals surface area contributed by atoms with E-state index in [2.05, 4.69) is 87.3 Å². The van der Waals surface area contributed by atoms with Gasteiger partial charge in [0.25, 0.3) is 0 Å². The minimum Gasteiger partial charge on any atom is -0.342 e. The zero-order chi connectivity index (χ0) is 19.0. The summed E-state index contributed by atoms with van der Waals surface area (Å²) in [6.07, 6.45) is 1.09. The van der Waals surface area contributed by atoms with Crippen molar-refractivity contribution in [1.82, 2.24) is 9.97 Å². The third kappa shape index (κ3) is 3.57. The Bertz CT molecular complexity index is 1050. The van der Waals surface area contributed by atoms with Gasteiger partial charge in [-0.3, -0.25) is 0 Å². The molecule has 0 saturated heterocycles. The molecule has 138 valence electrons. The van der Waals surface area contributed by atoms with E-state index in [4.69, 9.17) is 4.98 Å². The van der Waals surface area contributed by atoms with Crippen molar-refractivity contribution < 1.29 is 0 Å². The first-order valence-corrected chi connectivity index (χ1v) is 10.6. The Morgan fingerprint density at radius 1 is 0.889 bits per heavy atom. The predicted molar refractivity (Wildman–Crippen MR) is 118 cm³/mol. The van der Waals surface area contributed by atoms with Gasteiger partial charge in [-0.2, -0.15) is 0 Å². The van der Waals surface area contributed by atoms with Gasteiger partial charge in [0.15, 0.2) is 0 Å². The maximum Gasteiger partial charge on any atom is 0.110 e. The van der Waals surface area contributed by atoms with Crippen LogP contribution in [0.1, 0.15) is 57.3 Å². The molecule has 0 fully saturated rings. The van der Waals surface area contributed by atoms with Gasteiger partial charge in [-0.25, -0.2) is 4.98 Å². The van der Waals surface area contributed by atoms with Crippen LogP contribution in [0.15, 0.2) is 54.6 Å². The molecule has 27 heavy (non-hydrogen) atoms. The summed E-state index contributed by atoms with van der Waals surface area (Å²) in [6.45, 7) is 8.88. The van der Waals surface area contributed by atoms with E-state index in [1.807, 2.05) is 11.3 Å². The topological polar surface area (TPSA) is 28.7 Å². The Labute approximate surface area is 165 Å². The van der Waals surface area contributed by atoms with Gasteiger partial charge < -0.3 is 4.98 Å². The van der Waals surface area contributed by atoms with Crippen LogP contribution in [0.4, 0.5) is 0 Å². The Morgan fingerprint density at radius 2 is 1.56 bits per heavy atom. The SMILES string of the molecule is CCC(C)c1nc2ccc(-c3ccc(-c4ccc(C(C)C)cc4)s3)cc2[nH]1. The molecule has 3 heteroatoms. The number of thiophene rings is 1. The molecule has 2 heterocycles. The van der Waals surface area contributed by atoms with Crippen LogP contribution in [-0.2, 0) is 0 Å². The standard InChI is InChI=1S/C24H26N2S/c1-5-16(4)24-25-20-11-10-19(14-21(20)26-24)23-13-12-22(27-23)18-8-6-17(7-9-18)15(2)3/h6-16H,5H2,1-4H3,(H,25,26). The van der Waals surface area contributed by atoms with E-state index < -0.39 is 0 Å². The summed E-state index contributed by atoms with van der Waals surface area (Å²) >= 11 is 1.85. The molecule has 0 saturated carbocycles. The van der Waals surface area contributed by atoms with Crippen LogP contribution in [0.5, 0.6) is 0 Å². The Kier molecular flexibility index (Phi) is 4.88. The molecule has 0 aliphatic carbocycles. The van der Waals surface area contributed by atoms with Crippen LogP contribution in [0.3, 0.4) is 0 Å². The number of hydrogen-bond acceptors (Lipinski definition) is 2. The van der Waals surface area contributed by atoms with Gasteiger partial charge in [0.05, 0.1) is 11.0 Å². The summed E-state index contributed by atoms with van der Waals surface area (Å²) in [4.78, 5) is 10.8. The number of hydrogen-bond donors (Lipinski definition) is 1. The Morgan fingerprint density at radius 3 is 2.22 bits per heavy atom. The number of H-pyrrole nitrogens is 1. The maximum absolute atomic E-state index is 4.74. The molecule has 0 radical (unpaired) electrons. The first-order chi connectivity index (χ1) is 13.0. The summed E-state index contributed by atoms with van der Waals surface area (Å²) in [5.74, 6) is 2.11. The van der Waals surface area contributed by atoms with Crippen molar-refractivity contribution in [1.29, 1.82) is 0 Å². The molecule has 4 aromatic rings. The zero-order valence-electron chi connectivity index (χ0n) is 16.4. The van der Waals surface area contributed by atoms with Crippen LogP contribution in [0.2, 0.25) is 0 Å². The van der Waals surface area contributed by atoms with Crippen LogP contribution in [0, 0.1) is 0 Å². The molecule has 2 aromatic heterocycles. The molecule has 1 unspecified atom stereocenters. The fourth-order valence-corrected chi connectivity index (χ4v) is 4.30. The van der Waals surface area contributed by atoms with Crippen molar-refractivity contribution in [3.63, 3.8) is 0 Å². The number of rotatable bonds is 5. The summed E-state index contributed by atoms with van der Waals surface area (Å²) in [5.41, 5.74) is 6.10. The number of nitrogens with one attached hydrogen (secondary N) is 1. The molecule has 0 aliphatic heterocycles. The van der Waals surface area contributed by atoms with Crippen LogP contribution >= 0.6 is 11.3 Å². The van der Waals surface area contributed by atoms with E-state index in [1.165, 1.54) is 26.4 Å². The molecule has 4 rings (SSSR count). The van der Waals surface area contributed by atoms with Gasteiger partial charge in [-0.1, -0.05) is 58.0 Å². The lowest BCUT2D eigenvalue weighted by atomic mass is 10.0. The molecule has 0 aliphatic rings. The average Bonchev–Trinajstić information content (AvgIpc) is 3.34. The summed E-state index contributed by atoms with van der Waals surface area (Å²) in [5, 5.41) is 0. The second kappa shape index (κ2) is 7.32. The smallest absolute Gasteiger partial charge is 0.110 e. The molecule has 1 N–H and O–H groups in total. The lowest BCUT2D eigenvalue weighted by Gasteiger charge is -2.05. The van der Waals surface area contributed by atoms with Gasteiger partial charge in [-0.15, -0.1) is 11.3 Å². The minimum absolute atomic E-state index is 0.461. The highest BCUT2D eigenvalue weighted by molar-refractivity contribution is 7.18. The van der Waals surface area contributed by atoms with E-state index in [0.29, 0.717) is 11.8 Å². The van der Waals surface area contributed by atoms with Crippen molar-refractivity contribution in [3.05, 3.63) is 66.0 Å². The van der Waals surface area contributed by atoms with E-state index >= 15 is 0 Å². The first-order valence-electron chi connectivity index (χ1n) is 9.75. The summed E-state index contributed by atoms with van der Waals surface area (Å²) in [7, 11) is 0. The van der Waals surface area contributed by atoms with Crippen molar-refractivity contribution in [2.75, 3.05) is 0 Å². The lowest BCUT2D eigenvalue weighted by Crippen LogP contribution is -1.92. The molecule has 0 bridgehead atoms. The largest absolute Gasteiger partial charge is 0.342 e. The van der Waals surface area contributed by atoms with Crippen LogP contribution in [-0.4, -0.2) is 9.97 Å². The fraction of sp³-hybridized carbons (Fsp3) is 0.292. The minimum atomic E-state index is 0.461. The monoisotopic (exact) mass is 374 g/mol. The quantitative estimate of drug-likeness (QED) is 0.383. The van der Waals surface area contributed by atoms with E-state index in [9.17, 15) is 0 Å². The fourth-order valence-electron chi connectivity index (χ4n) is 3.29. The normalized spacial score (nSPS) is 12.8. The number of benzene rings is 2. The van der Waals surface area contributed by atoms with Gasteiger partial charge in [-0.05, 0) is 53.3 Å². The van der Waals surface area contributed by atoms with E-state index in [0.717, 1.165) is 23.3 Å². The van der Waals surface area contributed by atoms with E-state index in [-0.39, 0.29) is 0 Å². The zero-order valence-corrected chi connectivity index (χ0v) is 17.2. The highest BCUT2D eigenvalue weighted by Gasteiger charge is 2.11. The number of nitrogens with zero attached hydrogens (tertiary/aromatic N) is 1. The number of imidazole rings is 1. The Hall–Kier alpha value is -2.39. The predicted octanol–water partition coefficient (Wildman–Crippen LogP) is 7.60. The average molecular weight is 375 g/mol. The number of aromatic amines is 1. The van der Waals surface area contributed by atoms with Crippen LogP contribution in [0.25, 0.3) is 31.9 Å². The van der Waals surface area contributed by atoms with Crippen LogP contribution < -0.4 is 0 Å². The molecule has 2 nitrogen and oxygen atoms in total. The maximum atomic E-state index is 4.74. The van der Waals surface area contributed by atoms with Gasteiger partial charge in [0.1, 0.15) is 5.82 Å². The summed E-state index contributed by atoms with van der Waals surface area (Å²) < 4.78 is 0. The highest BCUT2D eigenvalue weighted by Crippen LogP contribution is 2.36. The second-order valence-corrected chi connectivity index (χ2v) is 8.69. The van der Waals surface area contributed by atoms with Crippen molar-refractivity contribution in [2.45, 2.75) is 46.0 Å². The summed E-state index contributed by atoms with van der Waals surface area (Å²) in [6, 6.07) is 20.0.